The molecule has 0 unspecified atom stereocenters. The van der Waals surface area contributed by atoms with Gasteiger partial charge in [-0.15, -0.1) is 0 Å². The molecule has 0 bridgehead atoms. The normalized spacial score (nSPS) is 11.2. The Morgan fingerprint density at radius 3 is 2.52 bits per heavy atom. The summed E-state index contributed by atoms with van der Waals surface area (Å²) >= 11 is 0. The smallest absolute Gasteiger partial charge is 0.372 e. The highest BCUT2D eigenvalue weighted by Gasteiger charge is 2.38. The molecular formula is C18H15F3N6O2. The molecule has 29 heavy (non-hydrogen) atoms. The third-order valence-corrected chi connectivity index (χ3v) is 4.12. The number of aryl methyl sites for hydroxylation is 2. The molecule has 8 nitrogen and oxygen atoms in total. The van der Waals surface area contributed by atoms with Crippen LogP contribution in [0.4, 0.5) is 13.2 Å². The fourth-order valence-electron chi connectivity index (χ4n) is 2.68. The first-order valence-electron chi connectivity index (χ1n) is 8.19. The maximum absolute atomic E-state index is 12.6. The highest BCUT2D eigenvalue weighted by atomic mass is 19.4. The first-order chi connectivity index (χ1) is 13.7. The lowest BCUT2D eigenvalue weighted by Gasteiger charge is -2.03. The standard InChI is InChI=1S/C17H12F3N5O.CH3NO/c1-9-5-11-7-13(22-8-14(11)25(9)2)12-6-10(3-4-21-12)15-23-16(26-24-15)17(18,19)20;2-1-3/h3-8H,1-2H3;1H,(H2,2,3). The highest BCUT2D eigenvalue weighted by molar-refractivity contribution is 5.84. The number of rotatable bonds is 2. The van der Waals surface area contributed by atoms with E-state index in [0.29, 0.717) is 17.0 Å². The molecule has 4 heterocycles. The first kappa shape index (κ1) is 20.0. The molecule has 1 amide bonds. The first-order valence-corrected chi connectivity index (χ1v) is 8.19. The van der Waals surface area contributed by atoms with Crippen molar-refractivity contribution in [2.24, 2.45) is 12.8 Å². The number of amides is 1. The number of hydrogen-bond donors (Lipinski definition) is 1. The Balaban J connectivity index is 0.000000755. The molecule has 0 radical (unpaired) electrons. The summed E-state index contributed by atoms with van der Waals surface area (Å²) in [6.07, 6.45) is -1.22. The zero-order chi connectivity index (χ0) is 21.2. The quantitative estimate of drug-likeness (QED) is 0.514. The number of halogens is 3. The zero-order valence-electron chi connectivity index (χ0n) is 15.3. The van der Waals surface area contributed by atoms with Crippen LogP contribution in [0.3, 0.4) is 0 Å². The van der Waals surface area contributed by atoms with E-state index in [1.807, 2.05) is 30.7 Å². The van der Waals surface area contributed by atoms with Gasteiger partial charge in [0, 0.05) is 29.9 Å². The van der Waals surface area contributed by atoms with Crippen molar-refractivity contribution in [3.63, 3.8) is 0 Å². The van der Waals surface area contributed by atoms with Crippen LogP contribution in [0.25, 0.3) is 33.7 Å². The van der Waals surface area contributed by atoms with Crippen LogP contribution in [0.5, 0.6) is 0 Å². The van der Waals surface area contributed by atoms with Crippen molar-refractivity contribution >= 4 is 17.3 Å². The van der Waals surface area contributed by atoms with Gasteiger partial charge in [-0.1, -0.05) is 5.16 Å². The summed E-state index contributed by atoms with van der Waals surface area (Å²) in [5.74, 6) is -1.54. The van der Waals surface area contributed by atoms with Crippen molar-refractivity contribution in [1.82, 2.24) is 24.7 Å². The molecule has 4 rings (SSSR count). The number of aromatic nitrogens is 5. The van der Waals surface area contributed by atoms with Crippen LogP contribution in [-0.4, -0.2) is 31.1 Å². The van der Waals surface area contributed by atoms with E-state index in [9.17, 15) is 13.2 Å². The van der Waals surface area contributed by atoms with Gasteiger partial charge in [0.25, 0.3) is 0 Å². The van der Waals surface area contributed by atoms with Gasteiger partial charge in [-0.3, -0.25) is 14.8 Å². The average molecular weight is 404 g/mol. The van der Waals surface area contributed by atoms with Crippen molar-refractivity contribution in [3.05, 3.63) is 48.2 Å². The molecule has 0 aromatic carbocycles. The molecular weight excluding hydrogens is 389 g/mol. The third-order valence-electron chi connectivity index (χ3n) is 4.12. The number of nitrogens with two attached hydrogens (primary N) is 1. The van der Waals surface area contributed by atoms with Gasteiger partial charge in [0.15, 0.2) is 0 Å². The Labute approximate surface area is 162 Å². The lowest BCUT2D eigenvalue weighted by Crippen LogP contribution is -2.04. The number of fused-ring (bicyclic) bond motifs is 1. The highest BCUT2D eigenvalue weighted by Crippen LogP contribution is 2.30. The van der Waals surface area contributed by atoms with Crippen LogP contribution >= 0.6 is 0 Å². The molecule has 150 valence electrons. The fourth-order valence-corrected chi connectivity index (χ4v) is 2.68. The summed E-state index contributed by atoms with van der Waals surface area (Å²) in [6, 6.07) is 7.00. The molecule has 11 heteroatoms. The Morgan fingerprint density at radius 2 is 1.86 bits per heavy atom. The minimum atomic E-state index is -4.68. The topological polar surface area (TPSA) is 113 Å². The molecule has 4 aromatic rings. The molecule has 0 aliphatic carbocycles. The minimum Gasteiger partial charge on any atom is -0.372 e. The van der Waals surface area contributed by atoms with E-state index < -0.39 is 12.1 Å². The van der Waals surface area contributed by atoms with Gasteiger partial charge in [0.1, 0.15) is 0 Å². The molecule has 4 aromatic heterocycles. The Kier molecular flexibility index (Phi) is 5.31. The van der Waals surface area contributed by atoms with Crippen LogP contribution in [0.1, 0.15) is 11.6 Å². The number of carbonyl (C=O) groups excluding carboxylic acids is 1. The van der Waals surface area contributed by atoms with Crippen molar-refractivity contribution in [2.45, 2.75) is 13.1 Å². The largest absolute Gasteiger partial charge is 0.471 e. The molecule has 0 fully saturated rings. The number of primary amides is 1. The van der Waals surface area contributed by atoms with Crippen molar-refractivity contribution < 1.29 is 22.5 Å². The van der Waals surface area contributed by atoms with E-state index in [4.69, 9.17) is 4.79 Å². The van der Waals surface area contributed by atoms with E-state index in [1.165, 1.54) is 12.3 Å². The summed E-state index contributed by atoms with van der Waals surface area (Å²) in [6.45, 7) is 1.99. The van der Waals surface area contributed by atoms with Gasteiger partial charge in [-0.05, 0) is 31.2 Å². The maximum Gasteiger partial charge on any atom is 0.471 e. The van der Waals surface area contributed by atoms with Crippen molar-refractivity contribution in [1.29, 1.82) is 0 Å². The van der Waals surface area contributed by atoms with Crippen LogP contribution in [0.2, 0.25) is 0 Å². The lowest BCUT2D eigenvalue weighted by molar-refractivity contribution is -0.159. The van der Waals surface area contributed by atoms with Crippen LogP contribution in [0.15, 0.2) is 41.2 Å². The van der Waals surface area contributed by atoms with Crippen LogP contribution in [-0.2, 0) is 18.0 Å². The number of carbonyl (C=O) groups is 1. The zero-order valence-corrected chi connectivity index (χ0v) is 15.3. The van der Waals surface area contributed by atoms with Gasteiger partial charge >= 0.3 is 12.1 Å². The number of nitrogens with zero attached hydrogens (tertiary/aromatic N) is 5. The Hall–Kier alpha value is -3.76. The number of alkyl halides is 3. The summed E-state index contributed by atoms with van der Waals surface area (Å²) in [5.41, 5.74) is 7.71. The van der Waals surface area contributed by atoms with Gasteiger partial charge in [0.05, 0.1) is 23.1 Å². The predicted molar refractivity (Wildman–Crippen MR) is 97.2 cm³/mol. The van der Waals surface area contributed by atoms with E-state index in [-0.39, 0.29) is 12.2 Å². The summed E-state index contributed by atoms with van der Waals surface area (Å²) in [7, 11) is 1.95. The molecule has 0 saturated carbocycles. The summed E-state index contributed by atoms with van der Waals surface area (Å²) in [4.78, 5) is 20.6. The van der Waals surface area contributed by atoms with E-state index >= 15 is 0 Å². The maximum atomic E-state index is 12.6. The second-order valence-electron chi connectivity index (χ2n) is 5.96. The minimum absolute atomic E-state index is 0.155. The molecule has 0 aliphatic heterocycles. The molecule has 0 spiro atoms. The summed E-state index contributed by atoms with van der Waals surface area (Å²) < 4.78 is 44.2. The average Bonchev–Trinajstić information content (AvgIpc) is 3.28. The SMILES string of the molecule is Cc1cc2cc(-c3cc(-c4noc(C(F)(F)F)n4)ccn3)ncc2n1C.NC=O. The molecule has 0 atom stereocenters. The van der Waals surface area contributed by atoms with Crippen LogP contribution in [0, 0.1) is 6.92 Å². The predicted octanol–water partition coefficient (Wildman–Crippen LogP) is 3.11. The Bertz CT molecular complexity index is 1170. The van der Waals surface area contributed by atoms with Gasteiger partial charge in [-0.2, -0.15) is 18.2 Å². The molecule has 0 saturated heterocycles. The number of pyridine rings is 2. The molecule has 2 N–H and O–H groups in total. The summed E-state index contributed by atoms with van der Waals surface area (Å²) in [5, 5.41) is 4.40. The lowest BCUT2D eigenvalue weighted by atomic mass is 10.1. The molecule has 0 aliphatic rings. The van der Waals surface area contributed by atoms with E-state index in [1.54, 1.807) is 12.3 Å². The van der Waals surface area contributed by atoms with Crippen LogP contribution < -0.4 is 5.73 Å². The van der Waals surface area contributed by atoms with E-state index in [0.717, 1.165) is 16.6 Å². The third kappa shape index (κ3) is 4.08. The Morgan fingerprint density at radius 1 is 1.17 bits per heavy atom. The van der Waals surface area contributed by atoms with Gasteiger partial charge < -0.3 is 14.8 Å². The number of hydrogen-bond acceptors (Lipinski definition) is 6. The van der Waals surface area contributed by atoms with Crippen molar-refractivity contribution in [2.75, 3.05) is 0 Å². The van der Waals surface area contributed by atoms with E-state index in [2.05, 4.69) is 30.4 Å². The van der Waals surface area contributed by atoms with Crippen molar-refractivity contribution in [3.8, 4) is 22.8 Å². The second-order valence-corrected chi connectivity index (χ2v) is 5.96. The second kappa shape index (κ2) is 7.70. The van der Waals surface area contributed by atoms with Gasteiger partial charge in [0.2, 0.25) is 12.2 Å². The monoisotopic (exact) mass is 404 g/mol. The fraction of sp³-hybridized carbons (Fsp3) is 0.167. The van der Waals surface area contributed by atoms with Gasteiger partial charge in [-0.25, -0.2) is 0 Å².